The van der Waals surface area contributed by atoms with E-state index in [-0.39, 0.29) is 11.5 Å². The van der Waals surface area contributed by atoms with Crippen molar-refractivity contribution in [2.45, 2.75) is 52.1 Å². The maximum absolute atomic E-state index is 10.1. The lowest BCUT2D eigenvalue weighted by molar-refractivity contribution is -0.00517. The SMILES string of the molecule is C=C1CC[C@@]23C[C@]2(C)[C@H](O)CC[C@@]13C. The molecule has 0 aromatic carbocycles. The van der Waals surface area contributed by atoms with Gasteiger partial charge in [0.2, 0.25) is 0 Å². The van der Waals surface area contributed by atoms with E-state index in [0.717, 1.165) is 12.8 Å². The number of aliphatic hydroxyl groups excluding tert-OH is 1. The van der Waals surface area contributed by atoms with Crippen LogP contribution in [0.3, 0.4) is 0 Å². The van der Waals surface area contributed by atoms with Gasteiger partial charge in [0.05, 0.1) is 6.10 Å². The summed E-state index contributed by atoms with van der Waals surface area (Å²) in [5, 5.41) is 10.1. The van der Waals surface area contributed by atoms with Crippen molar-refractivity contribution in [3.05, 3.63) is 12.2 Å². The molecule has 78 valence electrons. The quantitative estimate of drug-likeness (QED) is 0.585. The minimum absolute atomic E-state index is 0.0542. The van der Waals surface area contributed by atoms with Crippen LogP contribution in [-0.4, -0.2) is 11.2 Å². The lowest BCUT2D eigenvalue weighted by atomic mass is 9.62. The summed E-state index contributed by atoms with van der Waals surface area (Å²) >= 11 is 0. The van der Waals surface area contributed by atoms with Gasteiger partial charge in [-0.05, 0) is 42.9 Å². The second-order valence-corrected chi connectivity index (χ2v) is 6.17. The molecule has 3 aliphatic rings. The zero-order valence-corrected chi connectivity index (χ0v) is 9.27. The third-order valence-electron chi connectivity index (χ3n) is 5.98. The van der Waals surface area contributed by atoms with Crippen molar-refractivity contribution >= 4 is 0 Å². The molecule has 14 heavy (non-hydrogen) atoms. The van der Waals surface area contributed by atoms with E-state index in [4.69, 9.17) is 0 Å². The monoisotopic (exact) mass is 192 g/mol. The van der Waals surface area contributed by atoms with Crippen molar-refractivity contribution in [3.63, 3.8) is 0 Å². The molecule has 0 bridgehead atoms. The fraction of sp³-hybridized carbons (Fsp3) is 0.846. The number of aliphatic hydroxyl groups is 1. The maximum atomic E-state index is 10.1. The lowest BCUT2D eigenvalue weighted by Gasteiger charge is -2.43. The molecule has 0 aromatic heterocycles. The average Bonchev–Trinajstić information content (AvgIpc) is 2.71. The highest BCUT2D eigenvalue weighted by Crippen LogP contribution is 2.83. The second kappa shape index (κ2) is 2.11. The van der Waals surface area contributed by atoms with Gasteiger partial charge in [-0.25, -0.2) is 0 Å². The molecule has 0 radical (unpaired) electrons. The third-order valence-corrected chi connectivity index (χ3v) is 5.98. The van der Waals surface area contributed by atoms with E-state index in [1.807, 2.05) is 0 Å². The van der Waals surface area contributed by atoms with E-state index in [1.54, 1.807) is 0 Å². The van der Waals surface area contributed by atoms with Crippen LogP contribution in [-0.2, 0) is 0 Å². The molecule has 1 heteroatoms. The van der Waals surface area contributed by atoms with Crippen molar-refractivity contribution in [2.75, 3.05) is 0 Å². The fourth-order valence-electron chi connectivity index (χ4n) is 4.63. The largest absolute Gasteiger partial charge is 0.393 e. The van der Waals surface area contributed by atoms with E-state index in [1.165, 1.54) is 24.8 Å². The van der Waals surface area contributed by atoms with Gasteiger partial charge >= 0.3 is 0 Å². The summed E-state index contributed by atoms with van der Waals surface area (Å²) in [4.78, 5) is 0. The van der Waals surface area contributed by atoms with Crippen LogP contribution in [0.5, 0.6) is 0 Å². The molecule has 0 saturated heterocycles. The first kappa shape index (κ1) is 8.96. The molecule has 1 N–H and O–H groups in total. The molecule has 3 saturated carbocycles. The third kappa shape index (κ3) is 0.641. The predicted octanol–water partition coefficient (Wildman–Crippen LogP) is 2.89. The Hall–Kier alpha value is -0.300. The van der Waals surface area contributed by atoms with Crippen LogP contribution in [0, 0.1) is 16.2 Å². The Morgan fingerprint density at radius 2 is 2.07 bits per heavy atom. The molecule has 0 amide bonds. The van der Waals surface area contributed by atoms with Crippen LogP contribution in [0.15, 0.2) is 12.2 Å². The normalized spacial score (nSPS) is 60.8. The molecule has 3 aliphatic carbocycles. The zero-order valence-electron chi connectivity index (χ0n) is 9.27. The summed E-state index contributed by atoms with van der Waals surface area (Å²) in [5.41, 5.74) is 2.45. The van der Waals surface area contributed by atoms with Crippen molar-refractivity contribution in [2.24, 2.45) is 16.2 Å². The van der Waals surface area contributed by atoms with Gasteiger partial charge in [0.25, 0.3) is 0 Å². The smallest absolute Gasteiger partial charge is 0.0600 e. The summed E-state index contributed by atoms with van der Waals surface area (Å²) in [6.07, 6.45) is 5.78. The number of allylic oxidation sites excluding steroid dienone is 1. The van der Waals surface area contributed by atoms with E-state index >= 15 is 0 Å². The van der Waals surface area contributed by atoms with Crippen molar-refractivity contribution in [1.82, 2.24) is 0 Å². The van der Waals surface area contributed by atoms with Crippen LogP contribution in [0.25, 0.3) is 0 Å². The molecular formula is C13H20O. The average molecular weight is 192 g/mol. The predicted molar refractivity (Wildman–Crippen MR) is 56.9 cm³/mol. The Morgan fingerprint density at radius 1 is 1.36 bits per heavy atom. The lowest BCUT2D eigenvalue weighted by Crippen LogP contribution is -2.40. The van der Waals surface area contributed by atoms with Gasteiger partial charge in [0.1, 0.15) is 0 Å². The van der Waals surface area contributed by atoms with Crippen molar-refractivity contribution in [1.29, 1.82) is 0 Å². The van der Waals surface area contributed by atoms with Crippen LogP contribution in [0.2, 0.25) is 0 Å². The highest BCUT2D eigenvalue weighted by molar-refractivity contribution is 5.36. The molecule has 0 aliphatic heterocycles. The first-order chi connectivity index (χ1) is 6.46. The van der Waals surface area contributed by atoms with Gasteiger partial charge in [-0.1, -0.05) is 26.0 Å². The van der Waals surface area contributed by atoms with Gasteiger partial charge in [0, 0.05) is 5.41 Å². The van der Waals surface area contributed by atoms with Crippen LogP contribution in [0.1, 0.15) is 46.0 Å². The van der Waals surface area contributed by atoms with Gasteiger partial charge in [-0.2, -0.15) is 0 Å². The summed E-state index contributed by atoms with van der Waals surface area (Å²) < 4.78 is 0. The first-order valence-corrected chi connectivity index (χ1v) is 5.83. The fourth-order valence-corrected chi connectivity index (χ4v) is 4.63. The van der Waals surface area contributed by atoms with Gasteiger partial charge in [-0.3, -0.25) is 0 Å². The molecule has 1 spiro atoms. The standard InChI is InChI=1S/C13H20O/c1-9-4-7-13-8-12(13,3)10(14)5-6-11(9,13)2/h10,14H,1,4-8H2,2-3H3/t10-,11+,12-,13+/m1/s1. The van der Waals surface area contributed by atoms with Crippen LogP contribution in [0.4, 0.5) is 0 Å². The van der Waals surface area contributed by atoms with Gasteiger partial charge < -0.3 is 5.11 Å². The summed E-state index contributed by atoms with van der Waals surface area (Å²) in [7, 11) is 0. The Bertz CT molecular complexity index is 321. The number of rotatable bonds is 0. The van der Waals surface area contributed by atoms with E-state index in [0.29, 0.717) is 10.8 Å². The minimum atomic E-state index is -0.0542. The maximum Gasteiger partial charge on any atom is 0.0600 e. The molecule has 0 unspecified atom stereocenters. The van der Waals surface area contributed by atoms with Gasteiger partial charge in [0.15, 0.2) is 0 Å². The summed E-state index contributed by atoms with van der Waals surface area (Å²) in [6, 6.07) is 0. The topological polar surface area (TPSA) is 20.2 Å². The Kier molecular flexibility index (Phi) is 1.35. The van der Waals surface area contributed by atoms with E-state index in [2.05, 4.69) is 20.4 Å². The minimum Gasteiger partial charge on any atom is -0.393 e. The Balaban J connectivity index is 2.09. The zero-order chi connectivity index (χ0) is 10.2. The summed E-state index contributed by atoms with van der Waals surface area (Å²) in [5.74, 6) is 0. The van der Waals surface area contributed by atoms with Crippen molar-refractivity contribution < 1.29 is 5.11 Å². The highest BCUT2D eigenvalue weighted by atomic mass is 16.3. The van der Waals surface area contributed by atoms with E-state index in [9.17, 15) is 5.11 Å². The van der Waals surface area contributed by atoms with Gasteiger partial charge in [-0.15, -0.1) is 0 Å². The molecule has 4 atom stereocenters. The number of hydrogen-bond donors (Lipinski definition) is 1. The summed E-state index contributed by atoms with van der Waals surface area (Å²) in [6.45, 7) is 8.93. The molecule has 0 heterocycles. The Morgan fingerprint density at radius 3 is 2.79 bits per heavy atom. The van der Waals surface area contributed by atoms with Crippen LogP contribution < -0.4 is 0 Å². The molecule has 3 fully saturated rings. The Labute approximate surface area is 86.2 Å². The van der Waals surface area contributed by atoms with E-state index < -0.39 is 0 Å². The number of hydrogen-bond acceptors (Lipinski definition) is 1. The molecule has 1 nitrogen and oxygen atoms in total. The molecule has 0 aromatic rings. The molecular weight excluding hydrogens is 172 g/mol. The van der Waals surface area contributed by atoms with Crippen molar-refractivity contribution in [3.8, 4) is 0 Å². The highest BCUT2D eigenvalue weighted by Gasteiger charge is 2.77. The first-order valence-electron chi connectivity index (χ1n) is 5.83. The second-order valence-electron chi connectivity index (χ2n) is 6.17. The molecule has 3 rings (SSSR count). The van der Waals surface area contributed by atoms with Crippen LogP contribution >= 0.6 is 0 Å².